The first kappa shape index (κ1) is 29.4. The van der Waals surface area contributed by atoms with Crippen molar-refractivity contribution < 1.29 is 24.2 Å². The number of rotatable bonds is 9. The van der Waals surface area contributed by atoms with Crippen molar-refractivity contribution in [2.45, 2.75) is 56.6 Å². The summed E-state index contributed by atoms with van der Waals surface area (Å²) in [5.74, 6) is -2.34. The predicted octanol–water partition coefficient (Wildman–Crippen LogP) is 2.52. The van der Waals surface area contributed by atoms with Crippen LogP contribution < -0.4 is 0 Å². The molecule has 2 aromatic carbocycles. The molecule has 234 valence electrons. The molecule has 1 unspecified atom stereocenters. The number of nitrogens with zero attached hydrogens (tertiary/aromatic N) is 6. The summed E-state index contributed by atoms with van der Waals surface area (Å²) in [6.07, 6.45) is 9.16. The molecule has 11 heteroatoms. The maximum atomic E-state index is 14.7. The molecular formula is C34H38N6O5. The van der Waals surface area contributed by atoms with Gasteiger partial charge in [0.15, 0.2) is 0 Å². The van der Waals surface area contributed by atoms with Gasteiger partial charge >= 0.3 is 0 Å². The summed E-state index contributed by atoms with van der Waals surface area (Å²) in [7, 11) is 0. The molecule has 4 aliphatic heterocycles. The number of unbranched alkanes of at least 4 members (excludes halogenated alkanes) is 1. The lowest BCUT2D eigenvalue weighted by atomic mass is 9.73. The van der Waals surface area contributed by atoms with Crippen molar-refractivity contribution in [1.82, 2.24) is 29.7 Å². The minimum Gasteiger partial charge on any atom is -0.396 e. The number of amides is 3. The molecular weight excluding hydrogens is 572 g/mol. The van der Waals surface area contributed by atoms with Crippen LogP contribution in [0.5, 0.6) is 0 Å². The van der Waals surface area contributed by atoms with Gasteiger partial charge in [-0.3, -0.25) is 14.4 Å². The smallest absolute Gasteiger partial charge is 0.250 e. The van der Waals surface area contributed by atoms with Crippen LogP contribution in [0.25, 0.3) is 11.0 Å². The first-order valence-corrected chi connectivity index (χ1v) is 15.8. The zero-order chi connectivity index (χ0) is 31.2. The second-order valence-electron chi connectivity index (χ2n) is 12.4. The zero-order valence-corrected chi connectivity index (χ0v) is 25.4. The van der Waals surface area contributed by atoms with Gasteiger partial charge in [0.1, 0.15) is 23.8 Å². The number of carbonyl (C=O) groups is 3. The molecule has 4 aliphatic rings. The van der Waals surface area contributed by atoms with E-state index in [0.717, 1.165) is 16.6 Å². The van der Waals surface area contributed by atoms with Crippen molar-refractivity contribution in [2.24, 2.45) is 11.8 Å². The number of aliphatic hydroxyl groups excluding tert-OH is 1. The highest BCUT2D eigenvalue weighted by molar-refractivity contribution is 6.00. The lowest BCUT2D eigenvalue weighted by molar-refractivity contribution is -0.155. The van der Waals surface area contributed by atoms with Crippen LogP contribution in [0.15, 0.2) is 78.9 Å². The molecule has 7 rings (SSSR count). The van der Waals surface area contributed by atoms with Crippen molar-refractivity contribution in [1.29, 1.82) is 0 Å². The van der Waals surface area contributed by atoms with Crippen LogP contribution in [0.1, 0.15) is 31.7 Å². The molecule has 0 saturated carbocycles. The van der Waals surface area contributed by atoms with Gasteiger partial charge in [-0.25, -0.2) is 4.68 Å². The molecule has 0 radical (unpaired) electrons. The van der Waals surface area contributed by atoms with Crippen LogP contribution in [0.4, 0.5) is 0 Å². The minimum absolute atomic E-state index is 0.0174. The van der Waals surface area contributed by atoms with Gasteiger partial charge in [0.2, 0.25) is 11.8 Å². The molecule has 0 aliphatic carbocycles. The Bertz CT molecular complexity index is 1670. The quantitative estimate of drug-likeness (QED) is 0.292. The van der Waals surface area contributed by atoms with E-state index in [-0.39, 0.29) is 44.1 Å². The largest absolute Gasteiger partial charge is 0.396 e. The number of ether oxygens (including phenoxy) is 1. The van der Waals surface area contributed by atoms with Gasteiger partial charge in [-0.15, -0.1) is 5.10 Å². The standard InChI is InChI=1S/C34H38N6O5/c1-2-33-16-10-18-37(22-24-12-4-3-5-13-24)30(42)27(33)28-31(43)39(20-8-9-21-41)29-32(44)38(19-11-17-34(28,29)45-33)23-40-26-15-7-6-14-25(26)35-36-40/h3-7,10-17,27-29,41H,2,8-9,18-23H2,1H3/t27-,28+,29?,33+,34+/m1/s1. The van der Waals surface area contributed by atoms with Crippen LogP contribution in [0.3, 0.4) is 0 Å². The van der Waals surface area contributed by atoms with Gasteiger partial charge in [0, 0.05) is 32.8 Å². The predicted molar refractivity (Wildman–Crippen MR) is 165 cm³/mol. The van der Waals surface area contributed by atoms with E-state index in [1.165, 1.54) is 0 Å². The Kier molecular flexibility index (Phi) is 7.53. The van der Waals surface area contributed by atoms with Crippen molar-refractivity contribution >= 4 is 28.8 Å². The highest BCUT2D eigenvalue weighted by Gasteiger charge is 2.75. The Balaban J connectivity index is 1.28. The third kappa shape index (κ3) is 4.67. The molecule has 2 fully saturated rings. The van der Waals surface area contributed by atoms with Crippen molar-refractivity contribution in [3.05, 3.63) is 84.5 Å². The number of aliphatic hydroxyl groups is 1. The van der Waals surface area contributed by atoms with Crippen LogP contribution in [0.2, 0.25) is 0 Å². The maximum Gasteiger partial charge on any atom is 0.250 e. The molecule has 5 heterocycles. The summed E-state index contributed by atoms with van der Waals surface area (Å²) in [5, 5.41) is 18.1. The van der Waals surface area contributed by atoms with Crippen molar-refractivity contribution in [3.8, 4) is 0 Å². The average molecular weight is 611 g/mol. The zero-order valence-electron chi connectivity index (χ0n) is 25.4. The molecule has 1 spiro atoms. The second-order valence-corrected chi connectivity index (χ2v) is 12.4. The Morgan fingerprint density at radius 3 is 2.44 bits per heavy atom. The first-order valence-electron chi connectivity index (χ1n) is 15.8. The summed E-state index contributed by atoms with van der Waals surface area (Å²) >= 11 is 0. The summed E-state index contributed by atoms with van der Waals surface area (Å²) in [6, 6.07) is 16.4. The fourth-order valence-corrected chi connectivity index (χ4v) is 7.75. The number of likely N-dealkylation sites (tertiary alicyclic amines) is 1. The molecule has 1 aromatic heterocycles. The van der Waals surface area contributed by atoms with Gasteiger partial charge in [-0.05, 0) is 37.0 Å². The normalized spacial score (nSPS) is 29.2. The van der Waals surface area contributed by atoms with E-state index in [9.17, 15) is 19.5 Å². The van der Waals surface area contributed by atoms with Gasteiger partial charge in [-0.2, -0.15) is 0 Å². The molecule has 0 bridgehead atoms. The summed E-state index contributed by atoms with van der Waals surface area (Å²) in [6.45, 7) is 3.47. The average Bonchev–Trinajstić information content (AvgIpc) is 3.60. The van der Waals surface area contributed by atoms with E-state index in [2.05, 4.69) is 10.3 Å². The number of fused-ring (bicyclic) bond motifs is 3. The van der Waals surface area contributed by atoms with Gasteiger partial charge in [-0.1, -0.05) is 78.9 Å². The Hall–Kier alpha value is -4.35. The van der Waals surface area contributed by atoms with Gasteiger partial charge in [0.25, 0.3) is 5.91 Å². The van der Waals surface area contributed by atoms with E-state index in [1.807, 2.05) is 85.8 Å². The van der Waals surface area contributed by atoms with Crippen molar-refractivity contribution in [3.63, 3.8) is 0 Å². The highest BCUT2D eigenvalue weighted by Crippen LogP contribution is 2.58. The third-order valence-corrected chi connectivity index (χ3v) is 9.85. The molecule has 3 aromatic rings. The van der Waals surface area contributed by atoms with Gasteiger partial charge < -0.3 is 24.5 Å². The summed E-state index contributed by atoms with van der Waals surface area (Å²) < 4.78 is 8.75. The lowest BCUT2D eigenvalue weighted by Crippen LogP contribution is -2.56. The Labute approximate surface area is 261 Å². The monoisotopic (exact) mass is 610 g/mol. The summed E-state index contributed by atoms with van der Waals surface area (Å²) in [5.41, 5.74) is 0.150. The van der Waals surface area contributed by atoms with Crippen LogP contribution in [-0.2, 0) is 32.3 Å². The molecule has 2 saturated heterocycles. The number of aromatic nitrogens is 3. The van der Waals surface area contributed by atoms with Crippen LogP contribution >= 0.6 is 0 Å². The number of para-hydroxylation sites is 1. The second kappa shape index (κ2) is 11.5. The number of benzene rings is 2. The Morgan fingerprint density at radius 1 is 0.889 bits per heavy atom. The molecule has 11 nitrogen and oxygen atoms in total. The SMILES string of the molecule is CC[C@]12C=CCN(Cc3ccccc3)C(=O)[C@H]1[C@H]1C(=O)N(CCCCO)C3C(=O)N(Cn4nnc5ccccc54)CC=C[C@@]31O2. The topological polar surface area (TPSA) is 121 Å². The summed E-state index contributed by atoms with van der Waals surface area (Å²) in [4.78, 5) is 48.9. The van der Waals surface area contributed by atoms with E-state index >= 15 is 0 Å². The van der Waals surface area contributed by atoms with Crippen molar-refractivity contribution in [2.75, 3.05) is 26.2 Å². The number of carbonyl (C=O) groups excluding carboxylic acids is 3. The van der Waals surface area contributed by atoms with E-state index in [0.29, 0.717) is 32.4 Å². The number of hydrogen-bond acceptors (Lipinski definition) is 7. The number of hydrogen-bond donors (Lipinski definition) is 1. The Morgan fingerprint density at radius 2 is 1.64 bits per heavy atom. The van der Waals surface area contributed by atoms with E-state index in [4.69, 9.17) is 4.74 Å². The fraction of sp³-hybridized carbons (Fsp3) is 0.441. The lowest BCUT2D eigenvalue weighted by Gasteiger charge is -2.38. The maximum absolute atomic E-state index is 14.7. The first-order chi connectivity index (χ1) is 21.9. The van der Waals surface area contributed by atoms with Crippen LogP contribution in [0, 0.1) is 11.8 Å². The molecule has 1 N–H and O–H groups in total. The minimum atomic E-state index is -1.33. The molecule has 45 heavy (non-hydrogen) atoms. The molecule has 5 atom stereocenters. The molecule has 3 amide bonds. The van der Waals surface area contributed by atoms with Gasteiger partial charge in [0.05, 0.1) is 23.0 Å². The van der Waals surface area contributed by atoms with E-state index < -0.39 is 29.1 Å². The van der Waals surface area contributed by atoms with E-state index in [1.54, 1.807) is 19.4 Å². The highest BCUT2D eigenvalue weighted by atomic mass is 16.5. The third-order valence-electron chi connectivity index (χ3n) is 9.85. The van der Waals surface area contributed by atoms with Crippen LogP contribution in [-0.4, -0.2) is 96.0 Å². The fourth-order valence-electron chi connectivity index (χ4n) is 7.75.